The minimum atomic E-state index is -0.417. The molecule has 0 saturated heterocycles. The lowest BCUT2D eigenvalue weighted by Crippen LogP contribution is -2.39. The predicted octanol–water partition coefficient (Wildman–Crippen LogP) is 1.27. The smallest absolute Gasteiger partial charge is 0.236 e. The number of hydrogen-bond acceptors (Lipinski definition) is 4. The SMILES string of the molecule is Cc1cc(N(CC(N)=O)C(C)C)c(C#N)c(C)n1. The van der Waals surface area contributed by atoms with E-state index in [0.29, 0.717) is 11.3 Å². The van der Waals surface area contributed by atoms with E-state index < -0.39 is 5.91 Å². The van der Waals surface area contributed by atoms with Crippen LogP contribution >= 0.6 is 0 Å². The molecule has 0 unspecified atom stereocenters. The molecule has 1 rings (SSSR count). The first-order chi connectivity index (χ1) is 8.36. The van der Waals surface area contributed by atoms with Crippen molar-refractivity contribution in [3.63, 3.8) is 0 Å². The molecule has 1 aromatic rings. The number of nitrogens with two attached hydrogens (primary N) is 1. The molecule has 18 heavy (non-hydrogen) atoms. The van der Waals surface area contributed by atoms with E-state index in [1.54, 1.807) is 6.92 Å². The summed E-state index contributed by atoms with van der Waals surface area (Å²) in [4.78, 5) is 17.2. The molecular weight excluding hydrogens is 228 g/mol. The molecule has 2 N–H and O–H groups in total. The maximum Gasteiger partial charge on any atom is 0.236 e. The Morgan fingerprint density at radius 2 is 2.17 bits per heavy atom. The molecule has 0 fully saturated rings. The zero-order chi connectivity index (χ0) is 13.9. The Kier molecular flexibility index (Phi) is 4.27. The topological polar surface area (TPSA) is 83.0 Å². The van der Waals surface area contributed by atoms with Crippen LogP contribution in [-0.2, 0) is 4.79 Å². The van der Waals surface area contributed by atoms with Crippen molar-refractivity contribution in [2.75, 3.05) is 11.4 Å². The lowest BCUT2D eigenvalue weighted by Gasteiger charge is -2.29. The van der Waals surface area contributed by atoms with Crippen LogP contribution in [0.4, 0.5) is 5.69 Å². The van der Waals surface area contributed by atoms with Gasteiger partial charge < -0.3 is 10.6 Å². The number of rotatable bonds is 4. The Morgan fingerprint density at radius 3 is 2.61 bits per heavy atom. The van der Waals surface area contributed by atoms with Crippen LogP contribution in [0.1, 0.15) is 30.8 Å². The van der Waals surface area contributed by atoms with Crippen LogP contribution in [0.15, 0.2) is 6.07 Å². The summed E-state index contributed by atoms with van der Waals surface area (Å²) in [6.07, 6.45) is 0. The summed E-state index contributed by atoms with van der Waals surface area (Å²) < 4.78 is 0. The van der Waals surface area contributed by atoms with Gasteiger partial charge in [0.05, 0.1) is 23.5 Å². The summed E-state index contributed by atoms with van der Waals surface area (Å²) in [7, 11) is 0. The number of amides is 1. The number of aromatic nitrogens is 1. The fraction of sp³-hybridized carbons (Fsp3) is 0.462. The molecule has 0 spiro atoms. The van der Waals surface area contributed by atoms with Crippen molar-refractivity contribution in [1.82, 2.24) is 4.98 Å². The molecule has 0 radical (unpaired) electrons. The molecule has 0 saturated carbocycles. The second kappa shape index (κ2) is 5.50. The van der Waals surface area contributed by atoms with Crippen molar-refractivity contribution in [3.8, 4) is 6.07 Å². The van der Waals surface area contributed by atoms with E-state index in [1.165, 1.54) is 0 Å². The van der Waals surface area contributed by atoms with Crippen LogP contribution < -0.4 is 10.6 Å². The van der Waals surface area contributed by atoms with Crippen LogP contribution in [0.2, 0.25) is 0 Å². The van der Waals surface area contributed by atoms with Crippen LogP contribution in [0.5, 0.6) is 0 Å². The molecule has 0 bridgehead atoms. The molecule has 96 valence electrons. The van der Waals surface area contributed by atoms with E-state index in [4.69, 9.17) is 5.73 Å². The van der Waals surface area contributed by atoms with Gasteiger partial charge in [0.1, 0.15) is 6.07 Å². The van der Waals surface area contributed by atoms with E-state index in [2.05, 4.69) is 11.1 Å². The number of nitriles is 1. The molecule has 0 aromatic carbocycles. The molecular formula is C13H18N4O. The zero-order valence-corrected chi connectivity index (χ0v) is 11.2. The highest BCUT2D eigenvalue weighted by Crippen LogP contribution is 2.24. The molecule has 0 aliphatic carbocycles. The maximum atomic E-state index is 11.1. The van der Waals surface area contributed by atoms with Crippen molar-refractivity contribution in [2.45, 2.75) is 33.7 Å². The van der Waals surface area contributed by atoms with Gasteiger partial charge in [-0.3, -0.25) is 9.78 Å². The van der Waals surface area contributed by atoms with Gasteiger partial charge in [-0.15, -0.1) is 0 Å². The minimum Gasteiger partial charge on any atom is -0.368 e. The van der Waals surface area contributed by atoms with Crippen molar-refractivity contribution < 1.29 is 4.79 Å². The number of anilines is 1. The van der Waals surface area contributed by atoms with Crippen LogP contribution in [0.3, 0.4) is 0 Å². The third-order valence-electron chi connectivity index (χ3n) is 2.68. The minimum absolute atomic E-state index is 0.0748. The number of pyridine rings is 1. The molecule has 1 heterocycles. The summed E-state index contributed by atoms with van der Waals surface area (Å²) >= 11 is 0. The Balaban J connectivity index is 3.36. The molecule has 1 aromatic heterocycles. The fourth-order valence-electron chi connectivity index (χ4n) is 1.89. The fourth-order valence-corrected chi connectivity index (χ4v) is 1.89. The Labute approximate surface area is 107 Å². The first-order valence-electron chi connectivity index (χ1n) is 5.80. The molecule has 1 amide bonds. The first-order valence-corrected chi connectivity index (χ1v) is 5.80. The number of hydrogen-bond donors (Lipinski definition) is 1. The highest BCUT2D eigenvalue weighted by atomic mass is 16.1. The second-order valence-corrected chi connectivity index (χ2v) is 4.54. The van der Waals surface area contributed by atoms with Gasteiger partial charge in [-0.2, -0.15) is 5.26 Å². The third-order valence-corrected chi connectivity index (χ3v) is 2.68. The van der Waals surface area contributed by atoms with Gasteiger partial charge in [0.25, 0.3) is 0 Å². The molecule has 0 aliphatic rings. The van der Waals surface area contributed by atoms with E-state index in [0.717, 1.165) is 11.4 Å². The maximum absolute atomic E-state index is 11.1. The van der Waals surface area contributed by atoms with Crippen molar-refractivity contribution in [3.05, 3.63) is 23.0 Å². The van der Waals surface area contributed by atoms with E-state index in [-0.39, 0.29) is 12.6 Å². The molecule has 5 nitrogen and oxygen atoms in total. The number of primary amides is 1. The number of aryl methyl sites for hydroxylation is 2. The molecule has 5 heteroatoms. The summed E-state index contributed by atoms with van der Waals surface area (Å²) in [5, 5.41) is 9.22. The van der Waals surface area contributed by atoms with Crippen molar-refractivity contribution >= 4 is 11.6 Å². The first kappa shape index (κ1) is 14.0. The predicted molar refractivity (Wildman–Crippen MR) is 70.1 cm³/mol. The Bertz CT molecular complexity index is 502. The van der Waals surface area contributed by atoms with Crippen LogP contribution in [0.25, 0.3) is 0 Å². The van der Waals surface area contributed by atoms with Crippen molar-refractivity contribution in [2.24, 2.45) is 5.73 Å². The number of nitrogens with zero attached hydrogens (tertiary/aromatic N) is 3. The Morgan fingerprint density at radius 1 is 1.56 bits per heavy atom. The molecule has 0 atom stereocenters. The van der Waals surface area contributed by atoms with Crippen molar-refractivity contribution in [1.29, 1.82) is 5.26 Å². The monoisotopic (exact) mass is 246 g/mol. The quantitative estimate of drug-likeness (QED) is 0.867. The second-order valence-electron chi connectivity index (χ2n) is 4.54. The van der Waals surface area contributed by atoms with Gasteiger partial charge in [-0.05, 0) is 33.8 Å². The van der Waals surface area contributed by atoms with E-state index in [9.17, 15) is 10.1 Å². The number of carbonyl (C=O) groups is 1. The van der Waals surface area contributed by atoms with E-state index in [1.807, 2.05) is 31.7 Å². The van der Waals surface area contributed by atoms with Gasteiger partial charge in [0.15, 0.2) is 0 Å². The normalized spacial score (nSPS) is 10.2. The van der Waals surface area contributed by atoms with Crippen LogP contribution in [0, 0.1) is 25.2 Å². The average Bonchev–Trinajstić information content (AvgIpc) is 2.24. The zero-order valence-electron chi connectivity index (χ0n) is 11.2. The third kappa shape index (κ3) is 2.98. The van der Waals surface area contributed by atoms with Gasteiger partial charge >= 0.3 is 0 Å². The Hall–Kier alpha value is -2.09. The van der Waals surface area contributed by atoms with Gasteiger partial charge in [-0.25, -0.2) is 0 Å². The average molecular weight is 246 g/mol. The summed E-state index contributed by atoms with van der Waals surface area (Å²) in [5.74, 6) is -0.417. The highest BCUT2D eigenvalue weighted by Gasteiger charge is 2.19. The lowest BCUT2D eigenvalue weighted by atomic mass is 10.1. The largest absolute Gasteiger partial charge is 0.368 e. The standard InChI is InChI=1S/C13H18N4O/c1-8(2)17(7-13(15)18)12-5-9(3)16-10(4)11(12)6-14/h5,8H,7H2,1-4H3,(H2,15,18). The van der Waals surface area contributed by atoms with E-state index >= 15 is 0 Å². The van der Waals surface area contributed by atoms with Gasteiger partial charge in [-0.1, -0.05) is 0 Å². The van der Waals surface area contributed by atoms with Crippen LogP contribution in [-0.4, -0.2) is 23.5 Å². The highest BCUT2D eigenvalue weighted by molar-refractivity contribution is 5.80. The summed E-state index contributed by atoms with van der Waals surface area (Å²) in [6, 6.07) is 4.03. The summed E-state index contributed by atoms with van der Waals surface area (Å²) in [6.45, 7) is 7.65. The number of carbonyl (C=O) groups excluding carboxylic acids is 1. The van der Waals surface area contributed by atoms with Gasteiger partial charge in [0, 0.05) is 11.7 Å². The lowest BCUT2D eigenvalue weighted by molar-refractivity contribution is -0.116. The summed E-state index contributed by atoms with van der Waals surface area (Å²) in [5.41, 5.74) is 7.96. The molecule has 0 aliphatic heterocycles. The van der Waals surface area contributed by atoms with Gasteiger partial charge in [0.2, 0.25) is 5.91 Å².